The normalized spacial score (nSPS) is 12.7. The Morgan fingerprint density at radius 1 is 0.450 bits per heavy atom. The van der Waals surface area contributed by atoms with Crippen LogP contribution in [0.2, 0.25) is 0 Å². The molecule has 0 atom stereocenters. The quantitative estimate of drug-likeness (QED) is 0.280. The van der Waals surface area contributed by atoms with Crippen molar-refractivity contribution < 1.29 is 26.3 Å². The van der Waals surface area contributed by atoms with Crippen LogP contribution in [-0.4, -0.2) is 9.13 Å². The van der Waals surface area contributed by atoms with Gasteiger partial charge in [-0.2, -0.15) is 26.3 Å². The van der Waals surface area contributed by atoms with Crippen LogP contribution >= 0.6 is 0 Å². The maximum Gasteiger partial charge on any atom is 0.416 e. The summed E-state index contributed by atoms with van der Waals surface area (Å²) in [6, 6.07) is 12.0. The highest BCUT2D eigenvalue weighted by molar-refractivity contribution is 6.22. The van der Waals surface area contributed by atoms with Gasteiger partial charge in [0.2, 0.25) is 0 Å². The van der Waals surface area contributed by atoms with Crippen molar-refractivity contribution in [3.8, 4) is 11.4 Å². The van der Waals surface area contributed by atoms with Gasteiger partial charge in [-0.05, 0) is 60.7 Å². The SMILES string of the molecule is O=c1c2ccc(c(=O)n1-c1cccc(C(F)(F)F)c1)c1c3ccc(c(=O)n(-c4cccc(C(F)(F)F)c4)c3=O)c21. The van der Waals surface area contributed by atoms with Gasteiger partial charge in [0.25, 0.3) is 22.2 Å². The summed E-state index contributed by atoms with van der Waals surface area (Å²) in [6.45, 7) is 0. The number of hydrogen-bond donors (Lipinski definition) is 0. The lowest BCUT2D eigenvalue weighted by molar-refractivity contribution is -0.138. The molecular formula is C28H12F6N2O4. The molecule has 4 aromatic carbocycles. The Hall–Kier alpha value is -5.00. The Labute approximate surface area is 217 Å². The van der Waals surface area contributed by atoms with E-state index in [0.717, 1.165) is 36.4 Å². The molecule has 0 unspecified atom stereocenters. The summed E-state index contributed by atoms with van der Waals surface area (Å²) in [4.78, 5) is 54.5. The number of fused-ring (bicyclic) bond motifs is 6. The third-order valence-electron chi connectivity index (χ3n) is 6.76. The smallest absolute Gasteiger partial charge is 0.268 e. The van der Waals surface area contributed by atoms with E-state index in [-0.39, 0.29) is 43.7 Å². The molecule has 0 aliphatic rings. The molecule has 0 spiro atoms. The average molecular weight is 554 g/mol. The van der Waals surface area contributed by atoms with Crippen molar-refractivity contribution in [2.24, 2.45) is 0 Å². The molecule has 0 aliphatic carbocycles. The zero-order valence-corrected chi connectivity index (χ0v) is 19.7. The third-order valence-corrected chi connectivity index (χ3v) is 6.76. The molecule has 0 saturated heterocycles. The summed E-state index contributed by atoms with van der Waals surface area (Å²) in [5, 5.41) is -1.18. The number of benzene rings is 4. The van der Waals surface area contributed by atoms with Crippen molar-refractivity contribution in [2.45, 2.75) is 12.4 Å². The predicted molar refractivity (Wildman–Crippen MR) is 135 cm³/mol. The summed E-state index contributed by atoms with van der Waals surface area (Å²) in [5.41, 5.74) is -7.12. The van der Waals surface area contributed by atoms with Gasteiger partial charge in [-0.25, -0.2) is 9.13 Å². The van der Waals surface area contributed by atoms with Gasteiger partial charge in [-0.1, -0.05) is 12.1 Å². The molecule has 8 rings (SSSR count). The van der Waals surface area contributed by atoms with E-state index in [1.807, 2.05) is 0 Å². The molecule has 200 valence electrons. The van der Waals surface area contributed by atoms with Gasteiger partial charge in [-0.15, -0.1) is 0 Å². The van der Waals surface area contributed by atoms with Crippen LogP contribution in [0.15, 0.2) is 92.0 Å². The van der Waals surface area contributed by atoms with Crippen molar-refractivity contribution in [2.75, 3.05) is 0 Å². The van der Waals surface area contributed by atoms with Crippen molar-refractivity contribution in [1.29, 1.82) is 0 Å². The number of halogens is 6. The minimum Gasteiger partial charge on any atom is -0.268 e. The number of nitrogens with zero attached hydrogens (tertiary/aromatic N) is 2. The molecule has 4 aromatic heterocycles. The molecule has 4 heterocycles. The van der Waals surface area contributed by atoms with Crippen LogP contribution in [0.1, 0.15) is 11.1 Å². The Morgan fingerprint density at radius 2 is 0.750 bits per heavy atom. The highest BCUT2D eigenvalue weighted by Gasteiger charge is 2.32. The Morgan fingerprint density at radius 3 is 1.02 bits per heavy atom. The molecule has 40 heavy (non-hydrogen) atoms. The molecule has 0 N–H and O–H groups in total. The zero-order chi connectivity index (χ0) is 28.7. The maximum absolute atomic E-state index is 13.6. The van der Waals surface area contributed by atoms with Gasteiger partial charge in [0.05, 0.1) is 22.5 Å². The van der Waals surface area contributed by atoms with Crippen molar-refractivity contribution in [3.63, 3.8) is 0 Å². The zero-order valence-electron chi connectivity index (χ0n) is 19.7. The van der Waals surface area contributed by atoms with E-state index in [4.69, 9.17) is 0 Å². The van der Waals surface area contributed by atoms with E-state index in [9.17, 15) is 45.5 Å². The van der Waals surface area contributed by atoms with E-state index in [2.05, 4.69) is 0 Å². The molecule has 0 radical (unpaired) electrons. The van der Waals surface area contributed by atoms with Gasteiger partial charge in [0, 0.05) is 32.3 Å². The van der Waals surface area contributed by atoms with Crippen LogP contribution in [0.3, 0.4) is 0 Å². The van der Waals surface area contributed by atoms with E-state index in [1.165, 1.54) is 24.3 Å². The molecule has 12 heteroatoms. The van der Waals surface area contributed by atoms with Crippen LogP contribution in [0.25, 0.3) is 43.7 Å². The second kappa shape index (κ2) is 8.25. The van der Waals surface area contributed by atoms with E-state index >= 15 is 0 Å². The Kier molecular flexibility index (Phi) is 5.21. The molecule has 6 nitrogen and oxygen atoms in total. The largest absolute Gasteiger partial charge is 0.416 e. The van der Waals surface area contributed by atoms with Gasteiger partial charge in [0.1, 0.15) is 0 Å². The summed E-state index contributed by atoms with van der Waals surface area (Å²) in [6.07, 6.45) is -9.53. The highest BCUT2D eigenvalue weighted by atomic mass is 19.4. The van der Waals surface area contributed by atoms with E-state index in [1.54, 1.807) is 0 Å². The molecule has 8 aromatic rings. The van der Waals surface area contributed by atoms with Gasteiger partial charge < -0.3 is 0 Å². The van der Waals surface area contributed by atoms with Crippen LogP contribution in [0.4, 0.5) is 26.3 Å². The molecule has 4 bridgehead atoms. The predicted octanol–water partition coefficient (Wildman–Crippen LogP) is 5.08. The number of hydrogen-bond acceptors (Lipinski definition) is 4. The standard InChI is InChI=1S/C28H12F6N2O4/c29-27(30,31)13-3-1-5-15(11-13)35-23(37)17-7-8-18(24(35)38)22-20-10-9-19(21(17)22)25(39)36(26(20)40)16-6-2-4-14(12-16)28(32,33)34/h1-12H. The molecule has 0 fully saturated rings. The molecule has 0 aliphatic heterocycles. The van der Waals surface area contributed by atoms with Crippen molar-refractivity contribution in [1.82, 2.24) is 9.13 Å². The fourth-order valence-corrected chi connectivity index (χ4v) is 4.99. The van der Waals surface area contributed by atoms with E-state index < -0.39 is 45.7 Å². The Balaban J connectivity index is 1.78. The average Bonchev–Trinajstić information content (AvgIpc) is 3.19. The highest BCUT2D eigenvalue weighted by Crippen LogP contribution is 2.33. The van der Waals surface area contributed by atoms with Crippen LogP contribution in [0, 0.1) is 0 Å². The maximum atomic E-state index is 13.6. The fourth-order valence-electron chi connectivity index (χ4n) is 4.99. The third kappa shape index (κ3) is 3.59. The lowest BCUT2D eigenvalue weighted by Gasteiger charge is -2.09. The van der Waals surface area contributed by atoms with Crippen molar-refractivity contribution in [3.05, 3.63) is 125 Å². The van der Waals surface area contributed by atoms with Gasteiger partial charge in [-0.3, -0.25) is 19.2 Å². The topological polar surface area (TPSA) is 78.1 Å². The lowest BCUT2D eigenvalue weighted by Crippen LogP contribution is -2.29. The second-order valence-electron chi connectivity index (χ2n) is 9.06. The fraction of sp³-hybridized carbons (Fsp3) is 0.0714. The minimum atomic E-state index is -4.76. The number of alkyl halides is 6. The van der Waals surface area contributed by atoms with Crippen LogP contribution < -0.4 is 22.2 Å². The Bertz CT molecular complexity index is 1980. The van der Waals surface area contributed by atoms with Crippen LogP contribution in [0.5, 0.6) is 0 Å². The molecule has 0 saturated carbocycles. The van der Waals surface area contributed by atoms with Gasteiger partial charge in [0.15, 0.2) is 0 Å². The summed E-state index contributed by atoms with van der Waals surface area (Å²) < 4.78 is 81.2. The lowest BCUT2D eigenvalue weighted by atomic mass is 10.00. The first-order chi connectivity index (χ1) is 18.8. The monoisotopic (exact) mass is 554 g/mol. The van der Waals surface area contributed by atoms with E-state index in [0.29, 0.717) is 21.3 Å². The first-order valence-corrected chi connectivity index (χ1v) is 11.5. The summed E-state index contributed by atoms with van der Waals surface area (Å²) in [7, 11) is 0. The molecular weight excluding hydrogens is 542 g/mol. The van der Waals surface area contributed by atoms with Gasteiger partial charge >= 0.3 is 12.4 Å². The minimum absolute atomic E-state index is 0.101. The summed E-state index contributed by atoms with van der Waals surface area (Å²) in [5.74, 6) is 0. The second-order valence-corrected chi connectivity index (χ2v) is 9.06. The first kappa shape index (κ1) is 25.3. The number of aromatic nitrogens is 2. The number of rotatable bonds is 2. The first-order valence-electron chi connectivity index (χ1n) is 11.5. The summed E-state index contributed by atoms with van der Waals surface area (Å²) >= 11 is 0. The van der Waals surface area contributed by atoms with Crippen molar-refractivity contribution >= 4 is 32.3 Å². The molecule has 0 amide bonds. The van der Waals surface area contributed by atoms with Crippen LogP contribution in [-0.2, 0) is 12.4 Å².